The summed E-state index contributed by atoms with van der Waals surface area (Å²) in [6.07, 6.45) is 3.74. The van der Waals surface area contributed by atoms with Crippen LogP contribution in [0.4, 0.5) is 4.79 Å². The molecule has 0 unspecified atom stereocenters. The molecule has 6 nitrogen and oxygen atoms in total. The highest BCUT2D eigenvalue weighted by Crippen LogP contribution is 2.23. The predicted octanol–water partition coefficient (Wildman–Crippen LogP) is 2.68. The van der Waals surface area contributed by atoms with Crippen molar-refractivity contribution in [2.45, 2.75) is 39.3 Å². The van der Waals surface area contributed by atoms with E-state index in [2.05, 4.69) is 10.1 Å². The quantitative estimate of drug-likeness (QED) is 0.751. The van der Waals surface area contributed by atoms with Crippen molar-refractivity contribution in [1.29, 1.82) is 0 Å². The molecule has 1 aliphatic rings. The summed E-state index contributed by atoms with van der Waals surface area (Å²) in [5, 5.41) is 5.00. The Morgan fingerprint density at radius 1 is 1.43 bits per heavy atom. The first-order valence-electron chi connectivity index (χ1n) is 6.83. The highest BCUT2D eigenvalue weighted by atomic mass is 35.5. The summed E-state index contributed by atoms with van der Waals surface area (Å²) < 4.78 is 7.07. The number of carbonyl (C=O) groups is 1. The van der Waals surface area contributed by atoms with Crippen molar-refractivity contribution in [3.05, 3.63) is 28.7 Å². The summed E-state index contributed by atoms with van der Waals surface area (Å²) in [6.45, 7) is 6.62. The van der Waals surface area contributed by atoms with Crippen LogP contribution in [0.5, 0.6) is 0 Å². The van der Waals surface area contributed by atoms with E-state index in [-0.39, 0.29) is 6.09 Å². The average molecular weight is 309 g/mol. The van der Waals surface area contributed by atoms with Crippen molar-refractivity contribution >= 4 is 23.3 Å². The summed E-state index contributed by atoms with van der Waals surface area (Å²) in [5.41, 5.74) is 2.23. The van der Waals surface area contributed by atoms with E-state index >= 15 is 0 Å². The summed E-state index contributed by atoms with van der Waals surface area (Å²) in [5.74, 6) is 0. The van der Waals surface area contributed by atoms with Crippen LogP contribution in [0.1, 0.15) is 32.0 Å². The van der Waals surface area contributed by atoms with Crippen molar-refractivity contribution in [3.63, 3.8) is 0 Å². The zero-order chi connectivity index (χ0) is 15.2. The van der Waals surface area contributed by atoms with Gasteiger partial charge in [-0.15, -0.1) is 0 Å². The number of rotatable bonds is 0. The monoisotopic (exact) mass is 308 g/mol. The maximum Gasteiger partial charge on any atom is 0.410 e. The molecular weight excluding hydrogens is 292 g/mol. The average Bonchev–Trinajstić information content (AvgIpc) is 2.72. The Bertz CT molecular complexity index is 705. The molecule has 0 bridgehead atoms. The summed E-state index contributed by atoms with van der Waals surface area (Å²) in [7, 11) is 0. The van der Waals surface area contributed by atoms with Crippen LogP contribution < -0.4 is 0 Å². The number of nitrogens with zero attached hydrogens (tertiary/aromatic N) is 4. The second-order valence-corrected chi connectivity index (χ2v) is 6.55. The molecule has 0 spiro atoms. The largest absolute Gasteiger partial charge is 0.444 e. The van der Waals surface area contributed by atoms with E-state index in [1.165, 1.54) is 0 Å². The zero-order valence-corrected chi connectivity index (χ0v) is 13.0. The fourth-order valence-corrected chi connectivity index (χ4v) is 2.52. The Hall–Kier alpha value is -1.82. The molecule has 0 saturated heterocycles. The third-order valence-electron chi connectivity index (χ3n) is 3.24. The molecule has 1 aliphatic heterocycles. The SMILES string of the molecule is CC(C)(C)OC(=O)N1CCc2c(nn3cc(Cl)cnc23)C1. The Labute approximate surface area is 127 Å². The Morgan fingerprint density at radius 2 is 2.19 bits per heavy atom. The maximum absolute atomic E-state index is 12.1. The van der Waals surface area contributed by atoms with Crippen LogP contribution >= 0.6 is 11.6 Å². The molecule has 0 aliphatic carbocycles. The Balaban J connectivity index is 1.86. The molecule has 3 rings (SSSR count). The van der Waals surface area contributed by atoms with E-state index in [4.69, 9.17) is 16.3 Å². The third-order valence-corrected chi connectivity index (χ3v) is 3.44. The number of halogens is 1. The number of hydrogen-bond acceptors (Lipinski definition) is 4. The van der Waals surface area contributed by atoms with Gasteiger partial charge in [-0.3, -0.25) is 0 Å². The Morgan fingerprint density at radius 3 is 2.90 bits per heavy atom. The first kappa shape index (κ1) is 14.1. The van der Waals surface area contributed by atoms with Gasteiger partial charge in [0, 0.05) is 18.3 Å². The lowest BCUT2D eigenvalue weighted by atomic mass is 10.1. The van der Waals surface area contributed by atoms with Crippen LogP contribution in [-0.4, -0.2) is 37.7 Å². The minimum atomic E-state index is -0.495. The van der Waals surface area contributed by atoms with Gasteiger partial charge in [0.05, 0.1) is 23.5 Å². The fraction of sp³-hybridized carbons (Fsp3) is 0.500. The minimum Gasteiger partial charge on any atom is -0.444 e. The van der Waals surface area contributed by atoms with E-state index in [0.717, 1.165) is 16.9 Å². The van der Waals surface area contributed by atoms with Crippen molar-refractivity contribution in [2.24, 2.45) is 0 Å². The lowest BCUT2D eigenvalue weighted by Gasteiger charge is -2.29. The highest BCUT2D eigenvalue weighted by molar-refractivity contribution is 6.30. The first-order valence-corrected chi connectivity index (χ1v) is 7.21. The normalized spacial score (nSPS) is 15.1. The molecule has 112 valence electrons. The molecule has 0 N–H and O–H groups in total. The number of ether oxygens (including phenoxy) is 1. The minimum absolute atomic E-state index is 0.309. The topological polar surface area (TPSA) is 59.7 Å². The van der Waals surface area contributed by atoms with Crippen LogP contribution in [0.25, 0.3) is 5.65 Å². The van der Waals surface area contributed by atoms with Crippen LogP contribution in [0, 0.1) is 0 Å². The van der Waals surface area contributed by atoms with Gasteiger partial charge in [0.2, 0.25) is 0 Å². The van der Waals surface area contributed by atoms with Crippen molar-refractivity contribution in [3.8, 4) is 0 Å². The van der Waals surface area contributed by atoms with Crippen LogP contribution in [0.3, 0.4) is 0 Å². The van der Waals surface area contributed by atoms with Crippen molar-refractivity contribution < 1.29 is 9.53 Å². The van der Waals surface area contributed by atoms with Gasteiger partial charge in [0.15, 0.2) is 5.65 Å². The molecule has 2 aromatic rings. The van der Waals surface area contributed by atoms with Gasteiger partial charge in [0.1, 0.15) is 5.60 Å². The van der Waals surface area contributed by atoms with E-state index in [0.29, 0.717) is 24.5 Å². The van der Waals surface area contributed by atoms with Crippen molar-refractivity contribution in [1.82, 2.24) is 19.5 Å². The van der Waals surface area contributed by atoms with Crippen LogP contribution in [0.2, 0.25) is 5.02 Å². The van der Waals surface area contributed by atoms with Crippen LogP contribution in [-0.2, 0) is 17.7 Å². The first-order chi connectivity index (χ1) is 9.83. The third kappa shape index (κ3) is 2.81. The molecule has 3 heterocycles. The lowest BCUT2D eigenvalue weighted by molar-refractivity contribution is 0.0221. The number of carbonyl (C=O) groups excluding carboxylic acids is 1. The second kappa shape index (κ2) is 4.87. The second-order valence-electron chi connectivity index (χ2n) is 6.12. The number of hydrogen-bond donors (Lipinski definition) is 0. The molecule has 0 atom stereocenters. The summed E-state index contributed by atoms with van der Waals surface area (Å²) in [4.78, 5) is 18.1. The fourth-order valence-electron chi connectivity index (χ4n) is 2.38. The van der Waals surface area contributed by atoms with Gasteiger partial charge in [-0.2, -0.15) is 5.10 Å². The van der Waals surface area contributed by atoms with Gasteiger partial charge < -0.3 is 9.64 Å². The standard InChI is InChI=1S/C14H17ClN4O2/c1-14(2,3)21-13(20)18-5-4-10-11(8-18)17-19-7-9(15)6-16-12(10)19/h6-7H,4-5,8H2,1-3H3. The molecule has 0 fully saturated rings. The van der Waals surface area contributed by atoms with Gasteiger partial charge >= 0.3 is 6.09 Å². The van der Waals surface area contributed by atoms with Gasteiger partial charge in [-0.05, 0) is 27.2 Å². The molecule has 2 aromatic heterocycles. The number of aromatic nitrogens is 3. The van der Waals surface area contributed by atoms with E-state index in [1.54, 1.807) is 21.8 Å². The number of amides is 1. The molecule has 0 aromatic carbocycles. The molecule has 1 amide bonds. The zero-order valence-electron chi connectivity index (χ0n) is 12.3. The highest BCUT2D eigenvalue weighted by Gasteiger charge is 2.28. The lowest BCUT2D eigenvalue weighted by Crippen LogP contribution is -2.39. The van der Waals surface area contributed by atoms with Gasteiger partial charge in [0.25, 0.3) is 0 Å². The Kier molecular flexibility index (Phi) is 3.28. The predicted molar refractivity (Wildman–Crippen MR) is 78.3 cm³/mol. The van der Waals surface area contributed by atoms with E-state index in [9.17, 15) is 4.79 Å². The van der Waals surface area contributed by atoms with Gasteiger partial charge in [-0.1, -0.05) is 11.6 Å². The summed E-state index contributed by atoms with van der Waals surface area (Å²) >= 11 is 5.93. The van der Waals surface area contributed by atoms with Crippen molar-refractivity contribution in [2.75, 3.05) is 6.54 Å². The van der Waals surface area contributed by atoms with Gasteiger partial charge in [-0.25, -0.2) is 14.3 Å². The smallest absolute Gasteiger partial charge is 0.410 e. The van der Waals surface area contributed by atoms with E-state index < -0.39 is 5.60 Å². The summed E-state index contributed by atoms with van der Waals surface area (Å²) in [6, 6.07) is 0. The molecular formula is C14H17ClN4O2. The maximum atomic E-state index is 12.1. The number of fused-ring (bicyclic) bond motifs is 3. The molecule has 21 heavy (non-hydrogen) atoms. The van der Waals surface area contributed by atoms with Crippen LogP contribution in [0.15, 0.2) is 12.4 Å². The molecule has 0 saturated carbocycles. The molecule has 0 radical (unpaired) electrons. The molecule has 7 heteroatoms. The van der Waals surface area contributed by atoms with E-state index in [1.807, 2.05) is 20.8 Å².